The molecule has 0 aliphatic carbocycles. The molecule has 102 valence electrons. The summed E-state index contributed by atoms with van der Waals surface area (Å²) in [6.07, 6.45) is -4.60. The molecule has 2 aromatic heterocycles. The van der Waals surface area contributed by atoms with Crippen molar-refractivity contribution in [1.29, 1.82) is 0 Å². The number of hydrogen-bond acceptors (Lipinski definition) is 2. The fourth-order valence-corrected chi connectivity index (χ4v) is 2.14. The Hall–Kier alpha value is -0.980. The third-order valence-corrected chi connectivity index (χ3v) is 3.35. The van der Waals surface area contributed by atoms with Gasteiger partial charge < -0.3 is 0 Å². The minimum atomic E-state index is -4.60. The summed E-state index contributed by atoms with van der Waals surface area (Å²) in [5.74, 6) is 0. The van der Waals surface area contributed by atoms with Crippen LogP contribution in [-0.2, 0) is 13.2 Å². The SMILES string of the molecule is Cn1nc(-c2ccc(Cl)c(Cl)n2)c(Cl)c1C(F)(F)F. The van der Waals surface area contributed by atoms with Crippen molar-refractivity contribution in [2.24, 2.45) is 7.05 Å². The second-order valence-corrected chi connectivity index (χ2v) is 4.74. The maximum atomic E-state index is 12.8. The molecular weight excluding hydrogens is 325 g/mol. The van der Waals surface area contributed by atoms with Gasteiger partial charge in [0.2, 0.25) is 0 Å². The topological polar surface area (TPSA) is 30.7 Å². The van der Waals surface area contributed by atoms with Crippen molar-refractivity contribution >= 4 is 34.8 Å². The molecule has 0 unspecified atom stereocenters. The van der Waals surface area contributed by atoms with Crippen molar-refractivity contribution in [3.05, 3.63) is 33.0 Å². The number of rotatable bonds is 1. The van der Waals surface area contributed by atoms with Crippen LogP contribution in [0.1, 0.15) is 5.69 Å². The number of hydrogen-bond donors (Lipinski definition) is 0. The second-order valence-electron chi connectivity index (χ2n) is 3.60. The van der Waals surface area contributed by atoms with Crippen molar-refractivity contribution in [3.63, 3.8) is 0 Å². The Morgan fingerprint density at radius 1 is 1.16 bits per heavy atom. The van der Waals surface area contributed by atoms with Crippen molar-refractivity contribution in [3.8, 4) is 11.4 Å². The first kappa shape index (κ1) is 14.4. The molecule has 0 aromatic carbocycles. The van der Waals surface area contributed by atoms with E-state index in [2.05, 4.69) is 10.1 Å². The summed E-state index contributed by atoms with van der Waals surface area (Å²) in [5, 5.41) is 3.35. The Labute approximate surface area is 120 Å². The highest BCUT2D eigenvalue weighted by atomic mass is 35.5. The summed E-state index contributed by atoms with van der Waals surface area (Å²) in [7, 11) is 1.15. The van der Waals surface area contributed by atoms with Gasteiger partial charge in [0.05, 0.1) is 10.7 Å². The predicted octanol–water partition coefficient (Wildman–Crippen LogP) is 4.46. The smallest absolute Gasteiger partial charge is 0.261 e. The van der Waals surface area contributed by atoms with Crippen molar-refractivity contribution in [2.75, 3.05) is 0 Å². The number of alkyl halides is 3. The highest BCUT2D eigenvalue weighted by Gasteiger charge is 2.39. The molecule has 0 spiro atoms. The van der Waals surface area contributed by atoms with Crippen LogP contribution in [0.5, 0.6) is 0 Å². The van der Waals surface area contributed by atoms with E-state index in [9.17, 15) is 13.2 Å². The fraction of sp³-hybridized carbons (Fsp3) is 0.200. The largest absolute Gasteiger partial charge is 0.434 e. The zero-order valence-electron chi connectivity index (χ0n) is 9.26. The maximum absolute atomic E-state index is 12.8. The molecule has 0 aliphatic rings. The molecule has 9 heteroatoms. The highest BCUT2D eigenvalue weighted by molar-refractivity contribution is 6.41. The van der Waals surface area contributed by atoms with E-state index >= 15 is 0 Å². The van der Waals surface area contributed by atoms with Gasteiger partial charge in [-0.1, -0.05) is 34.8 Å². The number of halogens is 6. The van der Waals surface area contributed by atoms with Crippen LogP contribution in [0.25, 0.3) is 11.4 Å². The summed E-state index contributed by atoms with van der Waals surface area (Å²) in [5.41, 5.74) is -1.03. The van der Waals surface area contributed by atoms with Gasteiger partial charge in [0, 0.05) is 7.05 Å². The van der Waals surface area contributed by atoms with Crippen LogP contribution < -0.4 is 0 Å². The zero-order chi connectivity index (χ0) is 14.4. The zero-order valence-corrected chi connectivity index (χ0v) is 11.5. The summed E-state index contributed by atoms with van der Waals surface area (Å²) < 4.78 is 39.0. The molecule has 19 heavy (non-hydrogen) atoms. The molecule has 0 bridgehead atoms. The minimum absolute atomic E-state index is 0.0329. The molecule has 0 aliphatic heterocycles. The van der Waals surface area contributed by atoms with Gasteiger partial charge >= 0.3 is 6.18 Å². The summed E-state index contributed by atoms with van der Waals surface area (Å²) in [6, 6.07) is 2.80. The quantitative estimate of drug-likeness (QED) is 0.723. The standard InChI is InChI=1S/C10H5Cl3F3N3/c1-19-8(10(14,15)16)6(12)7(18-19)5-3-2-4(11)9(13)17-5/h2-3H,1H3. The third kappa shape index (κ3) is 2.66. The number of aromatic nitrogens is 3. The van der Waals surface area contributed by atoms with E-state index in [0.29, 0.717) is 4.68 Å². The van der Waals surface area contributed by atoms with Crippen LogP contribution in [0.15, 0.2) is 12.1 Å². The molecule has 0 saturated carbocycles. The van der Waals surface area contributed by atoms with Gasteiger partial charge in [-0.2, -0.15) is 18.3 Å². The van der Waals surface area contributed by atoms with E-state index < -0.39 is 16.9 Å². The maximum Gasteiger partial charge on any atom is 0.434 e. The van der Waals surface area contributed by atoms with Gasteiger partial charge in [-0.3, -0.25) is 4.68 Å². The number of nitrogens with zero attached hydrogens (tertiary/aromatic N) is 3. The van der Waals surface area contributed by atoms with Crippen LogP contribution in [0, 0.1) is 0 Å². The Kier molecular flexibility index (Phi) is 3.68. The van der Waals surface area contributed by atoms with Crippen molar-refractivity contribution in [2.45, 2.75) is 6.18 Å². The van der Waals surface area contributed by atoms with Crippen molar-refractivity contribution in [1.82, 2.24) is 14.8 Å². The van der Waals surface area contributed by atoms with E-state index in [1.54, 1.807) is 0 Å². The lowest BCUT2D eigenvalue weighted by atomic mass is 10.2. The van der Waals surface area contributed by atoms with Crippen molar-refractivity contribution < 1.29 is 13.2 Å². The Balaban J connectivity index is 2.61. The van der Waals surface area contributed by atoms with Crippen LogP contribution in [-0.4, -0.2) is 14.8 Å². The van der Waals surface area contributed by atoms with E-state index in [4.69, 9.17) is 34.8 Å². The summed E-state index contributed by atoms with van der Waals surface area (Å²) in [4.78, 5) is 3.85. The molecule has 0 N–H and O–H groups in total. The Morgan fingerprint density at radius 3 is 2.26 bits per heavy atom. The van der Waals surface area contributed by atoms with E-state index in [1.165, 1.54) is 12.1 Å². The third-order valence-electron chi connectivity index (χ3n) is 2.30. The highest BCUT2D eigenvalue weighted by Crippen LogP contribution is 2.39. The van der Waals surface area contributed by atoms with Gasteiger partial charge in [0.15, 0.2) is 5.69 Å². The second kappa shape index (κ2) is 4.85. The summed E-state index contributed by atoms with van der Waals surface area (Å²) in [6.45, 7) is 0. The lowest BCUT2D eigenvalue weighted by Gasteiger charge is -2.06. The normalized spacial score (nSPS) is 11.9. The van der Waals surface area contributed by atoms with E-state index in [0.717, 1.165) is 7.05 Å². The minimum Gasteiger partial charge on any atom is -0.261 e. The average Bonchev–Trinajstić information content (AvgIpc) is 2.57. The molecule has 0 atom stereocenters. The molecule has 2 rings (SSSR count). The molecule has 3 nitrogen and oxygen atoms in total. The van der Waals surface area contributed by atoms with Crippen LogP contribution in [0.4, 0.5) is 13.2 Å². The number of pyridine rings is 1. The molecular formula is C10H5Cl3F3N3. The lowest BCUT2D eigenvalue weighted by molar-refractivity contribution is -0.143. The number of aryl methyl sites for hydroxylation is 1. The van der Waals surface area contributed by atoms with Crippen LogP contribution in [0.2, 0.25) is 15.2 Å². The molecule has 0 amide bonds. The fourth-order valence-electron chi connectivity index (χ4n) is 1.52. The van der Waals surface area contributed by atoms with Gasteiger partial charge in [-0.15, -0.1) is 0 Å². The van der Waals surface area contributed by atoms with E-state index in [-0.39, 0.29) is 21.6 Å². The van der Waals surface area contributed by atoms with E-state index in [1.807, 2.05) is 0 Å². The van der Waals surface area contributed by atoms with Crippen LogP contribution in [0.3, 0.4) is 0 Å². The first-order valence-electron chi connectivity index (χ1n) is 4.84. The Bertz CT molecular complexity index is 637. The molecule has 0 radical (unpaired) electrons. The van der Waals surface area contributed by atoms with Gasteiger partial charge in [-0.25, -0.2) is 4.98 Å². The monoisotopic (exact) mass is 329 g/mol. The summed E-state index contributed by atoms with van der Waals surface area (Å²) >= 11 is 17.1. The Morgan fingerprint density at radius 2 is 1.79 bits per heavy atom. The first-order valence-corrected chi connectivity index (χ1v) is 5.97. The van der Waals surface area contributed by atoms with Crippen LogP contribution >= 0.6 is 34.8 Å². The lowest BCUT2D eigenvalue weighted by Crippen LogP contribution is -2.12. The average molecular weight is 331 g/mol. The molecule has 2 heterocycles. The predicted molar refractivity (Wildman–Crippen MR) is 66.5 cm³/mol. The first-order chi connectivity index (χ1) is 8.71. The van der Waals surface area contributed by atoms with Gasteiger partial charge in [-0.05, 0) is 12.1 Å². The molecule has 0 saturated heterocycles. The van der Waals surface area contributed by atoms with Gasteiger partial charge in [0.1, 0.15) is 15.9 Å². The molecule has 2 aromatic rings. The molecule has 0 fully saturated rings. The van der Waals surface area contributed by atoms with Gasteiger partial charge in [0.25, 0.3) is 0 Å².